The van der Waals surface area contributed by atoms with Gasteiger partial charge in [0, 0.05) is 64.1 Å². The Bertz CT molecular complexity index is 722. The summed E-state index contributed by atoms with van der Waals surface area (Å²) in [6.45, 7) is 7.11. The van der Waals surface area contributed by atoms with Gasteiger partial charge in [0.25, 0.3) is 0 Å². The Morgan fingerprint density at radius 2 is 1.92 bits per heavy atom. The van der Waals surface area contributed by atoms with Crippen LogP contribution < -0.4 is 4.90 Å². The van der Waals surface area contributed by atoms with Crippen LogP contribution in [0.3, 0.4) is 0 Å². The molecule has 0 unspecified atom stereocenters. The summed E-state index contributed by atoms with van der Waals surface area (Å²) in [6.07, 6.45) is 6.59. The van der Waals surface area contributed by atoms with E-state index in [2.05, 4.69) is 26.0 Å². The molecular formula is C20H28FN5. The van der Waals surface area contributed by atoms with Crippen molar-refractivity contribution >= 4 is 5.69 Å². The molecule has 0 spiro atoms. The molecule has 0 radical (unpaired) electrons. The number of aryl methyl sites for hydroxylation is 1. The standard InChI is InChI=1S/C20H28FN5/c1-23-14-17(13-22-23)15-24-8-4-5-18(16-24)25-9-11-26(12-10-25)20-7-3-2-6-19(20)21/h2-3,6-7,13-14,18H,4-5,8-12,15-16H2,1H3/t18-/m1/s1. The van der Waals surface area contributed by atoms with Gasteiger partial charge in [-0.2, -0.15) is 5.10 Å². The summed E-state index contributed by atoms with van der Waals surface area (Å²) >= 11 is 0. The fourth-order valence-corrected chi connectivity index (χ4v) is 4.32. The smallest absolute Gasteiger partial charge is 0.146 e. The number of benzene rings is 1. The molecular weight excluding hydrogens is 329 g/mol. The zero-order valence-corrected chi connectivity index (χ0v) is 15.5. The number of rotatable bonds is 4. The monoisotopic (exact) mass is 357 g/mol. The molecule has 0 bridgehead atoms. The van der Waals surface area contributed by atoms with E-state index >= 15 is 0 Å². The Hall–Kier alpha value is -1.92. The first-order chi connectivity index (χ1) is 12.7. The van der Waals surface area contributed by atoms with Crippen molar-refractivity contribution in [3.05, 3.63) is 48.0 Å². The molecule has 1 aromatic heterocycles. The van der Waals surface area contributed by atoms with Crippen LogP contribution >= 0.6 is 0 Å². The minimum atomic E-state index is -0.110. The Balaban J connectivity index is 1.32. The molecule has 2 aliphatic heterocycles. The first-order valence-electron chi connectivity index (χ1n) is 9.62. The van der Waals surface area contributed by atoms with Gasteiger partial charge in [-0.25, -0.2) is 4.39 Å². The quantitative estimate of drug-likeness (QED) is 0.840. The van der Waals surface area contributed by atoms with Crippen molar-refractivity contribution < 1.29 is 4.39 Å². The van der Waals surface area contributed by atoms with Gasteiger partial charge in [0.1, 0.15) is 5.82 Å². The van der Waals surface area contributed by atoms with E-state index in [1.54, 1.807) is 12.1 Å². The second-order valence-electron chi connectivity index (χ2n) is 7.53. The van der Waals surface area contributed by atoms with Crippen LogP contribution in [0.1, 0.15) is 18.4 Å². The number of para-hydroxylation sites is 1. The molecule has 2 fully saturated rings. The summed E-state index contributed by atoms with van der Waals surface area (Å²) in [5, 5.41) is 4.28. The van der Waals surface area contributed by atoms with Gasteiger partial charge in [0.15, 0.2) is 0 Å². The van der Waals surface area contributed by atoms with Crippen LogP contribution in [0, 0.1) is 5.82 Å². The van der Waals surface area contributed by atoms with Gasteiger partial charge in [-0.3, -0.25) is 14.5 Å². The minimum absolute atomic E-state index is 0.110. The number of piperazine rings is 1. The van der Waals surface area contributed by atoms with Crippen LogP contribution in [-0.2, 0) is 13.6 Å². The maximum absolute atomic E-state index is 14.0. The zero-order chi connectivity index (χ0) is 17.9. The molecule has 2 saturated heterocycles. The fourth-order valence-electron chi connectivity index (χ4n) is 4.32. The Morgan fingerprint density at radius 3 is 2.65 bits per heavy atom. The van der Waals surface area contributed by atoms with Crippen molar-refractivity contribution in [2.24, 2.45) is 7.05 Å². The third-order valence-corrected chi connectivity index (χ3v) is 5.67. The average Bonchev–Trinajstić information content (AvgIpc) is 3.07. The molecule has 26 heavy (non-hydrogen) atoms. The fraction of sp³-hybridized carbons (Fsp3) is 0.550. The molecule has 2 aromatic rings. The van der Waals surface area contributed by atoms with Crippen molar-refractivity contribution in [1.82, 2.24) is 19.6 Å². The molecule has 0 N–H and O–H groups in total. The molecule has 6 heteroatoms. The van der Waals surface area contributed by atoms with E-state index < -0.39 is 0 Å². The Labute approximate surface area is 155 Å². The third-order valence-electron chi connectivity index (χ3n) is 5.67. The minimum Gasteiger partial charge on any atom is -0.367 e. The van der Waals surface area contributed by atoms with Crippen LogP contribution in [0.5, 0.6) is 0 Å². The Kier molecular flexibility index (Phi) is 5.22. The largest absolute Gasteiger partial charge is 0.367 e. The summed E-state index contributed by atoms with van der Waals surface area (Å²) in [4.78, 5) is 7.34. The number of likely N-dealkylation sites (tertiary alicyclic amines) is 1. The highest BCUT2D eigenvalue weighted by atomic mass is 19.1. The van der Waals surface area contributed by atoms with E-state index in [1.165, 1.54) is 24.9 Å². The predicted molar refractivity (Wildman–Crippen MR) is 102 cm³/mol. The van der Waals surface area contributed by atoms with Crippen LogP contribution in [0.2, 0.25) is 0 Å². The van der Waals surface area contributed by atoms with E-state index in [0.29, 0.717) is 6.04 Å². The maximum Gasteiger partial charge on any atom is 0.146 e. The SMILES string of the molecule is Cn1cc(CN2CCC[C@@H](N3CCN(c4ccccc4F)CC3)C2)cn1. The molecule has 4 rings (SSSR count). The van der Waals surface area contributed by atoms with Gasteiger partial charge in [0.2, 0.25) is 0 Å². The van der Waals surface area contributed by atoms with E-state index in [9.17, 15) is 4.39 Å². The topological polar surface area (TPSA) is 27.5 Å². The Morgan fingerprint density at radius 1 is 1.12 bits per heavy atom. The van der Waals surface area contributed by atoms with Crippen LogP contribution in [0.15, 0.2) is 36.7 Å². The van der Waals surface area contributed by atoms with Gasteiger partial charge in [0.05, 0.1) is 11.9 Å². The first-order valence-corrected chi connectivity index (χ1v) is 9.62. The van der Waals surface area contributed by atoms with Crippen molar-refractivity contribution in [2.75, 3.05) is 44.2 Å². The van der Waals surface area contributed by atoms with E-state index in [0.717, 1.165) is 45.0 Å². The number of halogens is 1. The number of nitrogens with zero attached hydrogens (tertiary/aromatic N) is 5. The lowest BCUT2D eigenvalue weighted by atomic mass is 10.0. The summed E-state index contributed by atoms with van der Waals surface area (Å²) in [5.74, 6) is -0.110. The molecule has 0 amide bonds. The number of piperidine rings is 1. The van der Waals surface area contributed by atoms with Gasteiger partial charge >= 0.3 is 0 Å². The van der Waals surface area contributed by atoms with Gasteiger partial charge in [-0.1, -0.05) is 12.1 Å². The lowest BCUT2D eigenvalue weighted by Gasteiger charge is -2.44. The first kappa shape index (κ1) is 17.5. The zero-order valence-electron chi connectivity index (χ0n) is 15.5. The second kappa shape index (κ2) is 7.76. The molecule has 1 aromatic carbocycles. The van der Waals surface area contributed by atoms with Crippen molar-refractivity contribution in [2.45, 2.75) is 25.4 Å². The van der Waals surface area contributed by atoms with Gasteiger partial charge < -0.3 is 4.90 Å². The highest BCUT2D eigenvalue weighted by molar-refractivity contribution is 5.48. The van der Waals surface area contributed by atoms with E-state index in [4.69, 9.17) is 0 Å². The summed E-state index contributed by atoms with van der Waals surface area (Å²) < 4.78 is 15.9. The second-order valence-corrected chi connectivity index (χ2v) is 7.53. The van der Waals surface area contributed by atoms with E-state index in [1.807, 2.05) is 30.1 Å². The van der Waals surface area contributed by atoms with E-state index in [-0.39, 0.29) is 5.82 Å². The van der Waals surface area contributed by atoms with Crippen LogP contribution in [-0.4, -0.2) is 64.9 Å². The van der Waals surface area contributed by atoms with Crippen molar-refractivity contribution in [1.29, 1.82) is 0 Å². The lowest BCUT2D eigenvalue weighted by molar-refractivity contribution is 0.0887. The predicted octanol–water partition coefficient (Wildman–Crippen LogP) is 2.35. The molecule has 3 heterocycles. The third kappa shape index (κ3) is 3.91. The number of anilines is 1. The summed E-state index contributed by atoms with van der Waals surface area (Å²) in [6, 6.07) is 7.74. The molecule has 2 aliphatic rings. The summed E-state index contributed by atoms with van der Waals surface area (Å²) in [5.41, 5.74) is 2.03. The molecule has 5 nitrogen and oxygen atoms in total. The van der Waals surface area contributed by atoms with Crippen molar-refractivity contribution in [3.8, 4) is 0 Å². The number of hydrogen-bond acceptors (Lipinski definition) is 4. The van der Waals surface area contributed by atoms with Crippen LogP contribution in [0.25, 0.3) is 0 Å². The normalized spacial score (nSPS) is 22.7. The molecule has 0 saturated carbocycles. The average molecular weight is 357 g/mol. The van der Waals surface area contributed by atoms with Crippen molar-refractivity contribution in [3.63, 3.8) is 0 Å². The maximum atomic E-state index is 14.0. The number of hydrogen-bond donors (Lipinski definition) is 0. The van der Waals surface area contributed by atoms with Gasteiger partial charge in [-0.15, -0.1) is 0 Å². The lowest BCUT2D eigenvalue weighted by Crippen LogP contribution is -2.55. The highest BCUT2D eigenvalue weighted by Gasteiger charge is 2.28. The summed E-state index contributed by atoms with van der Waals surface area (Å²) in [7, 11) is 1.97. The number of aromatic nitrogens is 2. The van der Waals surface area contributed by atoms with Gasteiger partial charge in [-0.05, 0) is 31.5 Å². The molecule has 1 atom stereocenters. The molecule has 0 aliphatic carbocycles. The van der Waals surface area contributed by atoms with Crippen LogP contribution in [0.4, 0.5) is 10.1 Å². The molecule has 140 valence electrons. The highest BCUT2D eigenvalue weighted by Crippen LogP contribution is 2.23.